The van der Waals surface area contributed by atoms with Gasteiger partial charge in [-0.15, -0.1) is 0 Å². The SMILES string of the molecule is CC1(NC(=O)C2CCC(C(F)(F)F)CN2)CCOC1. The zero-order valence-electron chi connectivity index (χ0n) is 10.8. The molecule has 2 aliphatic heterocycles. The number of carbonyl (C=O) groups is 1. The van der Waals surface area contributed by atoms with E-state index >= 15 is 0 Å². The summed E-state index contributed by atoms with van der Waals surface area (Å²) < 4.78 is 42.7. The first-order valence-electron chi connectivity index (χ1n) is 6.50. The van der Waals surface area contributed by atoms with E-state index in [4.69, 9.17) is 4.74 Å². The molecule has 2 rings (SSSR count). The van der Waals surface area contributed by atoms with Gasteiger partial charge in [-0.3, -0.25) is 4.79 Å². The highest BCUT2D eigenvalue weighted by molar-refractivity contribution is 5.82. The van der Waals surface area contributed by atoms with Crippen LogP contribution in [0.3, 0.4) is 0 Å². The van der Waals surface area contributed by atoms with Crippen molar-refractivity contribution >= 4 is 5.91 Å². The molecule has 2 aliphatic rings. The third-order valence-corrected chi connectivity index (χ3v) is 3.84. The number of carbonyl (C=O) groups excluding carboxylic acids is 1. The van der Waals surface area contributed by atoms with Gasteiger partial charge in [0.1, 0.15) is 0 Å². The lowest BCUT2D eigenvalue weighted by Crippen LogP contribution is -2.56. The second-order valence-corrected chi connectivity index (χ2v) is 5.63. The molecule has 0 saturated carbocycles. The van der Waals surface area contributed by atoms with Crippen LogP contribution >= 0.6 is 0 Å². The van der Waals surface area contributed by atoms with E-state index in [9.17, 15) is 18.0 Å². The van der Waals surface area contributed by atoms with E-state index in [0.717, 1.165) is 6.42 Å². The number of amides is 1. The predicted octanol–water partition coefficient (Wildman–Crippen LogP) is 1.21. The van der Waals surface area contributed by atoms with E-state index in [-0.39, 0.29) is 30.8 Å². The Morgan fingerprint density at radius 2 is 2.16 bits per heavy atom. The molecule has 2 heterocycles. The molecule has 0 aromatic carbocycles. The summed E-state index contributed by atoms with van der Waals surface area (Å²) in [5.41, 5.74) is -0.389. The lowest BCUT2D eigenvalue weighted by atomic mass is 9.93. The summed E-state index contributed by atoms with van der Waals surface area (Å²) in [6.07, 6.45) is -3.23. The Balaban J connectivity index is 1.82. The molecule has 0 bridgehead atoms. The highest BCUT2D eigenvalue weighted by Crippen LogP contribution is 2.32. The van der Waals surface area contributed by atoms with Gasteiger partial charge in [0.25, 0.3) is 0 Å². The van der Waals surface area contributed by atoms with Crippen molar-refractivity contribution in [2.75, 3.05) is 19.8 Å². The highest BCUT2D eigenvalue weighted by Gasteiger charge is 2.43. The van der Waals surface area contributed by atoms with Crippen molar-refractivity contribution in [3.63, 3.8) is 0 Å². The number of hydrogen-bond donors (Lipinski definition) is 2. The number of ether oxygens (including phenoxy) is 1. The summed E-state index contributed by atoms with van der Waals surface area (Å²) in [6.45, 7) is 2.76. The summed E-state index contributed by atoms with van der Waals surface area (Å²) in [6, 6.07) is -0.531. The number of piperidine rings is 1. The summed E-state index contributed by atoms with van der Waals surface area (Å²) in [4.78, 5) is 12.0. The van der Waals surface area contributed by atoms with Gasteiger partial charge in [-0.2, -0.15) is 13.2 Å². The third kappa shape index (κ3) is 3.60. The smallest absolute Gasteiger partial charge is 0.379 e. The Kier molecular flexibility index (Phi) is 4.06. The molecule has 0 aliphatic carbocycles. The largest absolute Gasteiger partial charge is 0.393 e. The quantitative estimate of drug-likeness (QED) is 0.799. The zero-order chi connectivity index (χ0) is 14.1. The summed E-state index contributed by atoms with van der Waals surface area (Å²) in [5, 5.41) is 5.56. The fourth-order valence-corrected chi connectivity index (χ4v) is 2.51. The maximum Gasteiger partial charge on any atom is 0.393 e. The molecule has 7 heteroatoms. The first kappa shape index (κ1) is 14.6. The molecular formula is C12H19F3N2O2. The van der Waals surface area contributed by atoms with Gasteiger partial charge in [0, 0.05) is 13.2 Å². The van der Waals surface area contributed by atoms with Crippen molar-refractivity contribution in [2.45, 2.75) is 43.9 Å². The van der Waals surface area contributed by atoms with Gasteiger partial charge in [-0.1, -0.05) is 0 Å². The summed E-state index contributed by atoms with van der Waals surface area (Å²) in [7, 11) is 0. The second-order valence-electron chi connectivity index (χ2n) is 5.63. The standard InChI is InChI=1S/C12H19F3N2O2/c1-11(4-5-19-7-11)17-10(18)9-3-2-8(6-16-9)12(13,14)15/h8-9,16H,2-7H2,1H3,(H,17,18). The van der Waals surface area contributed by atoms with Crippen LogP contribution in [0.4, 0.5) is 13.2 Å². The number of rotatable bonds is 2. The fraction of sp³-hybridized carbons (Fsp3) is 0.917. The van der Waals surface area contributed by atoms with E-state index < -0.39 is 18.1 Å². The maximum atomic E-state index is 12.5. The van der Waals surface area contributed by atoms with Crippen LogP contribution < -0.4 is 10.6 Å². The minimum absolute atomic E-state index is 0.00179. The first-order chi connectivity index (χ1) is 8.80. The normalized spacial score (nSPS) is 36.2. The Hall–Kier alpha value is -0.820. The van der Waals surface area contributed by atoms with Gasteiger partial charge in [-0.25, -0.2) is 0 Å². The van der Waals surface area contributed by atoms with Crippen LogP contribution in [0.25, 0.3) is 0 Å². The van der Waals surface area contributed by atoms with Crippen molar-refractivity contribution in [3.8, 4) is 0 Å². The zero-order valence-corrected chi connectivity index (χ0v) is 10.8. The first-order valence-corrected chi connectivity index (χ1v) is 6.50. The molecule has 2 saturated heterocycles. The number of alkyl halides is 3. The minimum Gasteiger partial charge on any atom is -0.379 e. The second kappa shape index (κ2) is 5.28. The molecule has 19 heavy (non-hydrogen) atoms. The van der Waals surface area contributed by atoms with E-state index in [1.807, 2.05) is 6.92 Å². The van der Waals surface area contributed by atoms with Gasteiger partial charge in [0.15, 0.2) is 0 Å². The molecule has 0 radical (unpaired) electrons. The van der Waals surface area contributed by atoms with Crippen LogP contribution in [0.1, 0.15) is 26.2 Å². The van der Waals surface area contributed by atoms with Crippen LogP contribution in [0, 0.1) is 5.92 Å². The van der Waals surface area contributed by atoms with E-state index in [1.165, 1.54) is 0 Å². The van der Waals surface area contributed by atoms with Crippen molar-refractivity contribution < 1.29 is 22.7 Å². The van der Waals surface area contributed by atoms with Gasteiger partial charge in [0.05, 0.1) is 24.1 Å². The lowest BCUT2D eigenvalue weighted by molar-refractivity contribution is -0.180. The fourth-order valence-electron chi connectivity index (χ4n) is 2.51. The van der Waals surface area contributed by atoms with Crippen LogP contribution in [0.15, 0.2) is 0 Å². The Bertz CT molecular complexity index is 332. The van der Waals surface area contributed by atoms with Gasteiger partial charge in [0.2, 0.25) is 5.91 Å². The molecular weight excluding hydrogens is 261 g/mol. The van der Waals surface area contributed by atoms with Crippen molar-refractivity contribution in [1.82, 2.24) is 10.6 Å². The molecule has 3 atom stereocenters. The van der Waals surface area contributed by atoms with Gasteiger partial charge in [-0.05, 0) is 26.2 Å². The Morgan fingerprint density at radius 3 is 2.63 bits per heavy atom. The van der Waals surface area contributed by atoms with Crippen LogP contribution in [-0.2, 0) is 9.53 Å². The number of nitrogens with one attached hydrogen (secondary N) is 2. The Labute approximate surface area is 110 Å². The van der Waals surface area contributed by atoms with Crippen molar-refractivity contribution in [2.24, 2.45) is 5.92 Å². The van der Waals surface area contributed by atoms with Crippen molar-refractivity contribution in [1.29, 1.82) is 0 Å². The van der Waals surface area contributed by atoms with E-state index in [2.05, 4.69) is 10.6 Å². The molecule has 0 aromatic rings. The molecule has 0 spiro atoms. The molecule has 0 aromatic heterocycles. The van der Waals surface area contributed by atoms with Crippen LogP contribution in [0.5, 0.6) is 0 Å². The van der Waals surface area contributed by atoms with Crippen molar-refractivity contribution in [3.05, 3.63) is 0 Å². The number of hydrogen-bond acceptors (Lipinski definition) is 3. The molecule has 4 nitrogen and oxygen atoms in total. The van der Waals surface area contributed by atoms with Gasteiger partial charge >= 0.3 is 6.18 Å². The van der Waals surface area contributed by atoms with Crippen LogP contribution in [-0.4, -0.2) is 43.4 Å². The van der Waals surface area contributed by atoms with Gasteiger partial charge < -0.3 is 15.4 Å². The van der Waals surface area contributed by atoms with E-state index in [1.54, 1.807) is 0 Å². The summed E-state index contributed by atoms with van der Waals surface area (Å²) in [5.74, 6) is -1.57. The maximum absolute atomic E-state index is 12.5. The Morgan fingerprint density at radius 1 is 1.42 bits per heavy atom. The monoisotopic (exact) mass is 280 g/mol. The number of halogens is 3. The highest BCUT2D eigenvalue weighted by atomic mass is 19.4. The lowest BCUT2D eigenvalue weighted by Gasteiger charge is -2.32. The molecule has 110 valence electrons. The van der Waals surface area contributed by atoms with E-state index in [0.29, 0.717) is 13.2 Å². The molecule has 2 N–H and O–H groups in total. The topological polar surface area (TPSA) is 50.4 Å². The summed E-state index contributed by atoms with van der Waals surface area (Å²) >= 11 is 0. The molecule has 3 unspecified atom stereocenters. The molecule has 2 fully saturated rings. The average Bonchev–Trinajstić information content (AvgIpc) is 2.75. The molecule has 1 amide bonds. The third-order valence-electron chi connectivity index (χ3n) is 3.84. The minimum atomic E-state index is -4.18. The average molecular weight is 280 g/mol. The van der Waals surface area contributed by atoms with Crippen LogP contribution in [0.2, 0.25) is 0 Å². The predicted molar refractivity (Wildman–Crippen MR) is 62.6 cm³/mol.